The fourth-order valence-corrected chi connectivity index (χ4v) is 3.72. The topological polar surface area (TPSA) is 100.0 Å². The number of hydrogen-bond acceptors (Lipinski definition) is 7. The van der Waals surface area contributed by atoms with E-state index in [0.717, 1.165) is 0 Å². The molecule has 1 fully saturated rings. The van der Waals surface area contributed by atoms with E-state index in [9.17, 15) is 14.4 Å². The number of hydrogen-bond donors (Lipinski definition) is 0. The second-order valence-corrected chi connectivity index (χ2v) is 10.3. The Morgan fingerprint density at radius 3 is 2.26 bits per heavy atom. The van der Waals surface area contributed by atoms with E-state index in [-0.39, 0.29) is 12.0 Å². The molecule has 0 unspecified atom stereocenters. The Bertz CT molecular complexity index is 1080. The average Bonchev–Trinajstić information content (AvgIpc) is 3.38. The molecule has 0 radical (unpaired) electrons. The van der Waals surface area contributed by atoms with Crippen LogP contribution in [0, 0.1) is 0 Å². The molecule has 9 nitrogen and oxygen atoms in total. The molecular weight excluding hydrogens is 438 g/mol. The summed E-state index contributed by atoms with van der Waals surface area (Å²) in [4.78, 5) is 39.0. The van der Waals surface area contributed by atoms with E-state index >= 15 is 0 Å². The lowest BCUT2D eigenvalue weighted by atomic mass is 9.96. The summed E-state index contributed by atoms with van der Waals surface area (Å²) < 4.78 is 17.0. The number of nitrogens with zero attached hydrogens (tertiary/aromatic N) is 3. The van der Waals surface area contributed by atoms with Gasteiger partial charge in [-0.3, -0.25) is 0 Å². The Balaban J connectivity index is 1.97. The highest BCUT2D eigenvalue weighted by Gasteiger charge is 2.34. The van der Waals surface area contributed by atoms with Crippen LogP contribution in [0.25, 0.3) is 11.1 Å². The average molecular weight is 472 g/mol. The zero-order chi connectivity index (χ0) is 25.3. The number of amides is 1. The van der Waals surface area contributed by atoms with Gasteiger partial charge in [0, 0.05) is 30.8 Å². The number of carbonyl (C=O) groups is 3. The highest BCUT2D eigenvalue weighted by atomic mass is 16.6. The molecule has 1 saturated heterocycles. The van der Waals surface area contributed by atoms with Gasteiger partial charge in [0.15, 0.2) is 0 Å². The molecule has 1 amide bonds. The van der Waals surface area contributed by atoms with E-state index in [2.05, 4.69) is 5.10 Å². The van der Waals surface area contributed by atoms with E-state index < -0.39 is 23.3 Å². The van der Waals surface area contributed by atoms with Gasteiger partial charge in [0.25, 0.3) is 0 Å². The second kappa shape index (κ2) is 9.48. The van der Waals surface area contributed by atoms with Gasteiger partial charge < -0.3 is 19.1 Å². The first-order chi connectivity index (χ1) is 15.8. The van der Waals surface area contributed by atoms with E-state index in [1.807, 2.05) is 26.8 Å². The lowest BCUT2D eigenvalue weighted by Crippen LogP contribution is -2.35. The first-order valence-electron chi connectivity index (χ1n) is 11.3. The van der Waals surface area contributed by atoms with Gasteiger partial charge in [-0.25, -0.2) is 14.4 Å². The summed E-state index contributed by atoms with van der Waals surface area (Å²) in [5, 5.41) is 4.56. The van der Waals surface area contributed by atoms with E-state index in [1.165, 1.54) is 11.8 Å². The van der Waals surface area contributed by atoms with Crippen molar-refractivity contribution < 1.29 is 28.6 Å². The summed E-state index contributed by atoms with van der Waals surface area (Å²) in [5.74, 6) is -0.576. The SMILES string of the molecule is COC(=O)c1cccc(-c2cn(C(=O)OC(C)(C)C)nc2[C@@H]2CCN(C(=O)OC(C)(C)C)C2)c1. The number of benzene rings is 1. The highest BCUT2D eigenvalue weighted by Crippen LogP contribution is 2.35. The Kier molecular flexibility index (Phi) is 7.05. The van der Waals surface area contributed by atoms with Crippen molar-refractivity contribution in [1.82, 2.24) is 14.7 Å². The molecule has 0 bridgehead atoms. The maximum atomic E-state index is 12.7. The van der Waals surface area contributed by atoms with Gasteiger partial charge >= 0.3 is 18.2 Å². The lowest BCUT2D eigenvalue weighted by Gasteiger charge is -2.24. The molecule has 3 rings (SSSR count). The van der Waals surface area contributed by atoms with Crippen LogP contribution in [0.15, 0.2) is 30.5 Å². The van der Waals surface area contributed by atoms with Gasteiger partial charge in [-0.15, -0.1) is 0 Å². The van der Waals surface area contributed by atoms with Crippen LogP contribution < -0.4 is 0 Å². The predicted molar refractivity (Wildman–Crippen MR) is 126 cm³/mol. The van der Waals surface area contributed by atoms with Crippen molar-refractivity contribution in [2.75, 3.05) is 20.2 Å². The molecule has 1 aromatic carbocycles. The first-order valence-corrected chi connectivity index (χ1v) is 11.3. The molecule has 1 aromatic heterocycles. The van der Waals surface area contributed by atoms with E-state index in [0.29, 0.717) is 41.9 Å². The fraction of sp³-hybridized carbons (Fsp3) is 0.520. The summed E-state index contributed by atoms with van der Waals surface area (Å²) in [5.41, 5.74) is 1.16. The van der Waals surface area contributed by atoms with Gasteiger partial charge in [-0.1, -0.05) is 12.1 Å². The maximum Gasteiger partial charge on any atom is 0.435 e. The van der Waals surface area contributed by atoms with Gasteiger partial charge in [-0.2, -0.15) is 9.78 Å². The molecule has 0 N–H and O–H groups in total. The van der Waals surface area contributed by atoms with Crippen molar-refractivity contribution in [2.45, 2.75) is 65.1 Å². The third-order valence-electron chi connectivity index (χ3n) is 5.14. The molecule has 2 aromatic rings. The summed E-state index contributed by atoms with van der Waals surface area (Å²) >= 11 is 0. The maximum absolute atomic E-state index is 12.7. The standard InChI is InChI=1S/C25H33N3O6/c1-24(2,3)33-22(30)27-12-11-18(14-27)20-19(15-28(26-20)23(31)34-25(4,5)6)16-9-8-10-17(13-16)21(29)32-7/h8-10,13,15,18H,11-12,14H2,1-7H3/t18-/m1/s1. The molecule has 1 atom stereocenters. The fourth-order valence-electron chi connectivity index (χ4n) is 3.72. The molecule has 9 heteroatoms. The van der Waals surface area contributed by atoms with Crippen molar-refractivity contribution in [3.8, 4) is 11.1 Å². The zero-order valence-corrected chi connectivity index (χ0v) is 20.9. The Hall–Kier alpha value is -3.36. The van der Waals surface area contributed by atoms with Crippen LogP contribution in [0.5, 0.6) is 0 Å². The molecule has 0 saturated carbocycles. The van der Waals surface area contributed by atoms with Gasteiger partial charge in [0.05, 0.1) is 18.4 Å². The number of ether oxygens (including phenoxy) is 3. The summed E-state index contributed by atoms with van der Waals surface area (Å²) in [6.07, 6.45) is 1.28. The molecule has 1 aliphatic heterocycles. The molecule has 0 spiro atoms. The van der Waals surface area contributed by atoms with Crippen LogP contribution in [-0.4, -0.2) is 64.2 Å². The van der Waals surface area contributed by atoms with Gasteiger partial charge in [0.1, 0.15) is 11.2 Å². The van der Waals surface area contributed by atoms with Gasteiger partial charge in [-0.05, 0) is 65.7 Å². The van der Waals surface area contributed by atoms with E-state index in [4.69, 9.17) is 14.2 Å². The Labute approximate surface area is 200 Å². The van der Waals surface area contributed by atoms with Crippen molar-refractivity contribution in [3.05, 3.63) is 41.7 Å². The molecule has 2 heterocycles. The Morgan fingerprint density at radius 2 is 1.65 bits per heavy atom. The number of likely N-dealkylation sites (tertiary alicyclic amines) is 1. The quantitative estimate of drug-likeness (QED) is 0.466. The van der Waals surface area contributed by atoms with Crippen LogP contribution >= 0.6 is 0 Å². The molecule has 0 aliphatic carbocycles. The largest absolute Gasteiger partial charge is 0.465 e. The number of carbonyl (C=O) groups excluding carboxylic acids is 3. The summed E-state index contributed by atoms with van der Waals surface area (Å²) in [6, 6.07) is 6.95. The highest BCUT2D eigenvalue weighted by molar-refractivity contribution is 5.91. The zero-order valence-electron chi connectivity index (χ0n) is 20.9. The van der Waals surface area contributed by atoms with Crippen molar-refractivity contribution in [1.29, 1.82) is 0 Å². The number of methoxy groups -OCH3 is 1. The van der Waals surface area contributed by atoms with Crippen molar-refractivity contribution >= 4 is 18.2 Å². The monoisotopic (exact) mass is 471 g/mol. The molecule has 184 valence electrons. The summed E-state index contributed by atoms with van der Waals surface area (Å²) in [7, 11) is 1.32. The summed E-state index contributed by atoms with van der Waals surface area (Å²) in [6.45, 7) is 11.8. The third kappa shape index (κ3) is 6.15. The second-order valence-electron chi connectivity index (χ2n) is 10.3. The smallest absolute Gasteiger partial charge is 0.435 e. The van der Waals surface area contributed by atoms with E-state index in [1.54, 1.807) is 50.1 Å². The molecule has 1 aliphatic rings. The van der Waals surface area contributed by atoms with Crippen molar-refractivity contribution in [2.24, 2.45) is 0 Å². The number of rotatable bonds is 3. The van der Waals surface area contributed by atoms with Crippen LogP contribution in [0.1, 0.15) is 69.9 Å². The van der Waals surface area contributed by atoms with Crippen LogP contribution in [-0.2, 0) is 14.2 Å². The number of esters is 1. The van der Waals surface area contributed by atoms with Crippen molar-refractivity contribution in [3.63, 3.8) is 0 Å². The van der Waals surface area contributed by atoms with Crippen LogP contribution in [0.3, 0.4) is 0 Å². The van der Waals surface area contributed by atoms with Crippen LogP contribution in [0.2, 0.25) is 0 Å². The lowest BCUT2D eigenvalue weighted by molar-refractivity contribution is 0.0291. The Morgan fingerprint density at radius 1 is 1.00 bits per heavy atom. The minimum absolute atomic E-state index is 0.118. The minimum atomic E-state index is -0.685. The third-order valence-corrected chi connectivity index (χ3v) is 5.14. The first kappa shape index (κ1) is 25.3. The number of aromatic nitrogens is 2. The minimum Gasteiger partial charge on any atom is -0.465 e. The molecular formula is C25H33N3O6. The molecule has 34 heavy (non-hydrogen) atoms. The van der Waals surface area contributed by atoms with Gasteiger partial charge in [0.2, 0.25) is 0 Å². The predicted octanol–water partition coefficient (Wildman–Crippen LogP) is 4.84. The normalized spacial score (nSPS) is 16.3. The van der Waals surface area contributed by atoms with Crippen LogP contribution in [0.4, 0.5) is 9.59 Å².